The van der Waals surface area contributed by atoms with E-state index in [2.05, 4.69) is 0 Å². The van der Waals surface area contributed by atoms with Gasteiger partial charge in [0.2, 0.25) is 0 Å². The Morgan fingerprint density at radius 2 is 1.80 bits per heavy atom. The molecule has 6 heteroatoms. The average molecular weight is 346 g/mol. The monoisotopic (exact) mass is 346 g/mol. The van der Waals surface area contributed by atoms with E-state index in [4.69, 9.17) is 9.47 Å². The van der Waals surface area contributed by atoms with E-state index in [-0.39, 0.29) is 23.3 Å². The van der Waals surface area contributed by atoms with E-state index in [1.165, 1.54) is 19.2 Å². The molecule has 0 fully saturated rings. The van der Waals surface area contributed by atoms with Crippen LogP contribution in [0.25, 0.3) is 0 Å². The second kappa shape index (κ2) is 7.19. The fourth-order valence-corrected chi connectivity index (χ4v) is 2.97. The molecular formula is C19H22O6. The molecule has 6 nitrogen and oxygen atoms in total. The van der Waals surface area contributed by atoms with Gasteiger partial charge in [-0.3, -0.25) is 4.79 Å². The highest BCUT2D eigenvalue weighted by atomic mass is 16.6. The van der Waals surface area contributed by atoms with Crippen LogP contribution in [0.2, 0.25) is 0 Å². The van der Waals surface area contributed by atoms with Crippen molar-refractivity contribution in [3.63, 3.8) is 0 Å². The maximum absolute atomic E-state index is 12.6. The summed E-state index contributed by atoms with van der Waals surface area (Å²) in [6, 6.07) is 5.86. The minimum atomic E-state index is -1.21. The molecule has 25 heavy (non-hydrogen) atoms. The topological polar surface area (TPSA) is 89.9 Å². The zero-order chi connectivity index (χ0) is 18.8. The van der Waals surface area contributed by atoms with Gasteiger partial charge in [0.15, 0.2) is 5.78 Å². The van der Waals surface area contributed by atoms with Gasteiger partial charge in [-0.1, -0.05) is 26.0 Å². The Kier molecular flexibility index (Phi) is 5.42. The molecule has 0 radical (unpaired) electrons. The fraction of sp³-hybridized carbons (Fsp3) is 0.421. The minimum absolute atomic E-state index is 0.0306. The molecule has 1 aliphatic carbocycles. The van der Waals surface area contributed by atoms with Crippen LogP contribution in [0, 0.1) is 5.41 Å². The number of carbonyl (C=O) groups excluding carboxylic acids is 2. The molecule has 1 N–H and O–H groups in total. The number of hydrogen-bond donors (Lipinski definition) is 1. The van der Waals surface area contributed by atoms with Crippen molar-refractivity contribution in [3.8, 4) is 0 Å². The molecule has 0 aromatic heterocycles. The Hall–Kier alpha value is -2.47. The number of carbonyl (C=O) groups is 3. The lowest BCUT2D eigenvalue weighted by Gasteiger charge is -2.35. The van der Waals surface area contributed by atoms with Crippen molar-refractivity contribution >= 4 is 17.7 Å². The third kappa shape index (κ3) is 3.96. The summed E-state index contributed by atoms with van der Waals surface area (Å²) in [5, 5.41) is 9.25. The Morgan fingerprint density at radius 3 is 2.36 bits per heavy atom. The van der Waals surface area contributed by atoms with Crippen LogP contribution in [0.4, 0.5) is 0 Å². The van der Waals surface area contributed by atoms with Crippen LogP contribution in [0.15, 0.2) is 35.9 Å². The summed E-state index contributed by atoms with van der Waals surface area (Å²) >= 11 is 0. The van der Waals surface area contributed by atoms with Gasteiger partial charge in [-0.2, -0.15) is 0 Å². The summed E-state index contributed by atoms with van der Waals surface area (Å²) in [6.07, 6.45) is 0.530. The van der Waals surface area contributed by atoms with Gasteiger partial charge in [0.05, 0.1) is 11.1 Å². The van der Waals surface area contributed by atoms with Crippen LogP contribution in [0.5, 0.6) is 0 Å². The molecule has 0 spiro atoms. The fourth-order valence-electron chi connectivity index (χ4n) is 2.97. The first-order valence-electron chi connectivity index (χ1n) is 7.95. The van der Waals surface area contributed by atoms with Crippen molar-refractivity contribution in [2.75, 3.05) is 7.11 Å². The van der Waals surface area contributed by atoms with E-state index in [0.29, 0.717) is 5.57 Å². The van der Waals surface area contributed by atoms with E-state index in [0.717, 1.165) is 0 Å². The van der Waals surface area contributed by atoms with Gasteiger partial charge in [0, 0.05) is 18.9 Å². The SMILES string of the molecule is COC1C=C(C)C(=O)CC(C)(C)C1OC(=O)c1ccccc1C(=O)O. The third-order valence-electron chi connectivity index (χ3n) is 4.42. The molecule has 134 valence electrons. The molecule has 2 rings (SSSR count). The first-order valence-corrected chi connectivity index (χ1v) is 7.95. The molecule has 2 unspecified atom stereocenters. The Morgan fingerprint density at radius 1 is 1.20 bits per heavy atom. The molecule has 0 heterocycles. The lowest BCUT2D eigenvalue weighted by Crippen LogP contribution is -2.43. The third-order valence-corrected chi connectivity index (χ3v) is 4.42. The number of Topliss-reactive ketones (excluding diaryl/α,β-unsaturated/α-hetero) is 1. The Balaban J connectivity index is 2.38. The molecule has 1 aromatic rings. The maximum Gasteiger partial charge on any atom is 0.339 e. The molecular weight excluding hydrogens is 324 g/mol. The summed E-state index contributed by atoms with van der Waals surface area (Å²) in [4.78, 5) is 36.1. The van der Waals surface area contributed by atoms with Gasteiger partial charge < -0.3 is 14.6 Å². The molecule has 0 saturated carbocycles. The zero-order valence-corrected chi connectivity index (χ0v) is 14.7. The van der Waals surface area contributed by atoms with E-state index < -0.39 is 29.6 Å². The summed E-state index contributed by atoms with van der Waals surface area (Å²) in [7, 11) is 1.48. The van der Waals surface area contributed by atoms with Crippen LogP contribution >= 0.6 is 0 Å². The molecule has 1 aliphatic rings. The first kappa shape index (κ1) is 18.9. The minimum Gasteiger partial charge on any atom is -0.478 e. The van der Waals surface area contributed by atoms with Crippen LogP contribution < -0.4 is 0 Å². The van der Waals surface area contributed by atoms with Crippen molar-refractivity contribution in [1.82, 2.24) is 0 Å². The standard InChI is InChI=1S/C19H22O6/c1-11-9-15(24-4)16(19(2,3)10-14(11)20)25-18(23)13-8-6-5-7-12(13)17(21)22/h5-9,15-16H,10H2,1-4H3,(H,21,22). The van der Waals surface area contributed by atoms with Crippen molar-refractivity contribution in [1.29, 1.82) is 0 Å². The molecule has 0 aliphatic heterocycles. The number of aromatic carboxylic acids is 1. The predicted octanol–water partition coefficient (Wildman–Crippen LogP) is 2.87. The van der Waals surface area contributed by atoms with Gasteiger partial charge in [0.1, 0.15) is 12.2 Å². The van der Waals surface area contributed by atoms with Crippen molar-refractivity contribution in [3.05, 3.63) is 47.0 Å². The Bertz CT molecular complexity index is 731. The highest BCUT2D eigenvalue weighted by Gasteiger charge is 2.42. The molecule has 1 aromatic carbocycles. The van der Waals surface area contributed by atoms with Crippen molar-refractivity contribution in [2.45, 2.75) is 39.4 Å². The molecule has 0 amide bonds. The molecule has 2 atom stereocenters. The summed E-state index contributed by atoms with van der Waals surface area (Å²) in [5.74, 6) is -1.99. The number of carboxylic acids is 1. The van der Waals surface area contributed by atoms with E-state index >= 15 is 0 Å². The van der Waals surface area contributed by atoms with Crippen LogP contribution in [-0.2, 0) is 14.3 Å². The lowest BCUT2D eigenvalue weighted by atomic mass is 9.80. The summed E-state index contributed by atoms with van der Waals surface area (Å²) < 4.78 is 11.1. The van der Waals surface area contributed by atoms with Gasteiger partial charge in [-0.15, -0.1) is 0 Å². The number of carboxylic acid groups (broad SMARTS) is 1. The highest BCUT2D eigenvalue weighted by Crippen LogP contribution is 2.36. The quantitative estimate of drug-likeness (QED) is 0.843. The molecule has 0 saturated heterocycles. The predicted molar refractivity (Wildman–Crippen MR) is 90.6 cm³/mol. The lowest BCUT2D eigenvalue weighted by molar-refractivity contribution is -0.120. The second-order valence-corrected chi connectivity index (χ2v) is 6.82. The van der Waals surface area contributed by atoms with Crippen molar-refractivity contribution in [2.24, 2.45) is 5.41 Å². The second-order valence-electron chi connectivity index (χ2n) is 6.82. The number of ketones is 1. The average Bonchev–Trinajstić information content (AvgIpc) is 2.63. The number of ether oxygens (including phenoxy) is 2. The van der Waals surface area contributed by atoms with Gasteiger partial charge in [-0.05, 0) is 30.7 Å². The van der Waals surface area contributed by atoms with Crippen LogP contribution in [0.1, 0.15) is 47.9 Å². The highest BCUT2D eigenvalue weighted by molar-refractivity contribution is 6.02. The maximum atomic E-state index is 12.6. The van der Waals surface area contributed by atoms with Crippen molar-refractivity contribution < 1.29 is 29.0 Å². The summed E-state index contributed by atoms with van der Waals surface area (Å²) in [6.45, 7) is 5.35. The largest absolute Gasteiger partial charge is 0.478 e. The van der Waals surface area contributed by atoms with Gasteiger partial charge in [-0.25, -0.2) is 9.59 Å². The van der Waals surface area contributed by atoms with Crippen LogP contribution in [0.3, 0.4) is 0 Å². The number of methoxy groups -OCH3 is 1. The van der Waals surface area contributed by atoms with E-state index in [9.17, 15) is 19.5 Å². The first-order chi connectivity index (χ1) is 11.7. The number of allylic oxidation sites excluding steroid dienone is 1. The number of benzene rings is 1. The number of esters is 1. The van der Waals surface area contributed by atoms with Crippen LogP contribution in [-0.4, -0.2) is 42.1 Å². The normalized spacial score (nSPS) is 22.7. The number of rotatable bonds is 4. The van der Waals surface area contributed by atoms with E-state index in [1.54, 1.807) is 25.1 Å². The zero-order valence-electron chi connectivity index (χ0n) is 14.7. The van der Waals surface area contributed by atoms with Gasteiger partial charge in [0.25, 0.3) is 0 Å². The Labute approximate surface area is 146 Å². The van der Waals surface area contributed by atoms with E-state index in [1.807, 2.05) is 13.8 Å². The summed E-state index contributed by atoms with van der Waals surface area (Å²) in [5.41, 5.74) is -0.267. The molecule has 0 bridgehead atoms. The number of hydrogen-bond acceptors (Lipinski definition) is 5. The van der Waals surface area contributed by atoms with Gasteiger partial charge >= 0.3 is 11.9 Å². The smallest absolute Gasteiger partial charge is 0.339 e.